The lowest BCUT2D eigenvalue weighted by molar-refractivity contribution is 0.0947. The maximum Gasteiger partial charge on any atom is 0.213 e. The van der Waals surface area contributed by atoms with E-state index >= 15 is 0 Å². The van der Waals surface area contributed by atoms with E-state index in [0.717, 1.165) is 25.9 Å². The van der Waals surface area contributed by atoms with Crippen LogP contribution in [0.1, 0.15) is 41.0 Å². The molecule has 2 heterocycles. The Morgan fingerprint density at radius 3 is 2.35 bits per heavy atom. The van der Waals surface area contributed by atoms with Crippen LogP contribution in [0.4, 0.5) is 10.1 Å². The number of aromatic nitrogens is 1. The van der Waals surface area contributed by atoms with Gasteiger partial charge in [0.05, 0.1) is 5.56 Å². The van der Waals surface area contributed by atoms with E-state index in [1.54, 1.807) is 18.2 Å². The van der Waals surface area contributed by atoms with Crippen molar-refractivity contribution in [2.45, 2.75) is 20.3 Å². The second-order valence-corrected chi connectivity index (χ2v) is 6.13. The number of anilines is 1. The minimum absolute atomic E-state index is 0. The second-order valence-electron chi connectivity index (χ2n) is 6.13. The number of allylic oxidation sites excluding steroid dienone is 2. The van der Waals surface area contributed by atoms with Gasteiger partial charge < -0.3 is 10.2 Å². The Morgan fingerprint density at radius 1 is 0.962 bits per heavy atom. The SMILES string of the molecule is C.O=C1C(Nc2ccc(F)cc2)=C(N2CCCC2)C(=O)c2cnccc21. The quantitative estimate of drug-likeness (QED) is 0.912. The lowest BCUT2D eigenvalue weighted by Crippen LogP contribution is -2.35. The summed E-state index contributed by atoms with van der Waals surface area (Å²) in [6.45, 7) is 1.47. The van der Waals surface area contributed by atoms with E-state index < -0.39 is 0 Å². The van der Waals surface area contributed by atoms with Crippen LogP contribution >= 0.6 is 0 Å². The first-order chi connectivity index (χ1) is 12.1. The molecule has 0 unspecified atom stereocenters. The smallest absolute Gasteiger partial charge is 0.213 e. The molecule has 0 bridgehead atoms. The average molecular weight is 353 g/mol. The Hall–Kier alpha value is -3.02. The molecule has 1 aromatic heterocycles. The van der Waals surface area contributed by atoms with Crippen LogP contribution in [-0.4, -0.2) is 34.5 Å². The van der Waals surface area contributed by atoms with Crippen LogP contribution in [0.25, 0.3) is 0 Å². The summed E-state index contributed by atoms with van der Waals surface area (Å²) >= 11 is 0. The van der Waals surface area contributed by atoms with Crippen LogP contribution in [0.3, 0.4) is 0 Å². The zero-order valence-electron chi connectivity index (χ0n) is 13.5. The Labute approximate surface area is 151 Å². The van der Waals surface area contributed by atoms with Crippen LogP contribution in [0.5, 0.6) is 0 Å². The molecule has 1 aliphatic heterocycles. The van der Waals surface area contributed by atoms with E-state index in [9.17, 15) is 14.0 Å². The van der Waals surface area contributed by atoms with Crippen LogP contribution in [-0.2, 0) is 0 Å². The zero-order chi connectivity index (χ0) is 17.4. The van der Waals surface area contributed by atoms with Gasteiger partial charge in [-0.25, -0.2) is 4.39 Å². The van der Waals surface area contributed by atoms with Gasteiger partial charge in [-0.1, -0.05) is 7.43 Å². The Balaban J connectivity index is 0.00000196. The molecular weight excluding hydrogens is 333 g/mol. The second kappa shape index (κ2) is 7.07. The van der Waals surface area contributed by atoms with Crippen LogP contribution in [0, 0.1) is 5.82 Å². The molecule has 5 nitrogen and oxygen atoms in total. The predicted molar refractivity (Wildman–Crippen MR) is 97.5 cm³/mol. The highest BCUT2D eigenvalue weighted by molar-refractivity contribution is 6.27. The van der Waals surface area contributed by atoms with Gasteiger partial charge in [0.15, 0.2) is 0 Å². The van der Waals surface area contributed by atoms with Crippen molar-refractivity contribution in [3.05, 3.63) is 71.1 Å². The Bertz CT molecular complexity index is 884. The van der Waals surface area contributed by atoms with Crippen LogP contribution < -0.4 is 5.32 Å². The molecule has 0 saturated carbocycles. The normalized spacial score (nSPS) is 16.4. The molecule has 26 heavy (non-hydrogen) atoms. The summed E-state index contributed by atoms with van der Waals surface area (Å²) < 4.78 is 13.1. The minimum Gasteiger partial charge on any atom is -0.367 e. The van der Waals surface area contributed by atoms with Gasteiger partial charge in [0.1, 0.15) is 17.2 Å². The number of hydrogen-bond donors (Lipinski definition) is 1. The topological polar surface area (TPSA) is 62.3 Å². The Morgan fingerprint density at radius 2 is 1.65 bits per heavy atom. The number of likely N-dealkylation sites (tertiary alicyclic amines) is 1. The largest absolute Gasteiger partial charge is 0.367 e. The molecule has 6 heteroatoms. The van der Waals surface area contributed by atoms with Crippen LogP contribution in [0.15, 0.2) is 54.1 Å². The van der Waals surface area contributed by atoms with Gasteiger partial charge >= 0.3 is 0 Å². The third-order valence-electron chi connectivity index (χ3n) is 4.53. The molecule has 0 atom stereocenters. The molecule has 2 aliphatic rings. The van der Waals surface area contributed by atoms with E-state index in [1.807, 2.05) is 4.90 Å². The number of benzene rings is 1. The van der Waals surface area contributed by atoms with E-state index in [2.05, 4.69) is 10.3 Å². The highest BCUT2D eigenvalue weighted by Crippen LogP contribution is 2.30. The molecule has 0 spiro atoms. The zero-order valence-corrected chi connectivity index (χ0v) is 13.5. The fourth-order valence-corrected chi connectivity index (χ4v) is 3.29. The number of fused-ring (bicyclic) bond motifs is 1. The number of nitrogens with one attached hydrogen (secondary N) is 1. The van der Waals surface area contributed by atoms with Crippen molar-refractivity contribution in [2.24, 2.45) is 0 Å². The number of hydrogen-bond acceptors (Lipinski definition) is 5. The molecule has 1 saturated heterocycles. The summed E-state index contributed by atoms with van der Waals surface area (Å²) in [5.74, 6) is -0.806. The van der Waals surface area contributed by atoms with Gasteiger partial charge in [-0.3, -0.25) is 14.6 Å². The molecule has 134 valence electrons. The standard InChI is InChI=1S/C19H16FN3O2.CH4/c20-12-3-5-13(6-4-12)22-16-17(23-9-1-2-10-23)19(25)15-11-21-8-7-14(15)18(16)24;/h3-8,11,22H,1-2,9-10H2;1H4. The number of halogens is 1. The number of rotatable bonds is 3. The highest BCUT2D eigenvalue weighted by atomic mass is 19.1. The van der Waals surface area contributed by atoms with Gasteiger partial charge in [-0.15, -0.1) is 0 Å². The average Bonchev–Trinajstić information content (AvgIpc) is 3.15. The number of carbonyl (C=O) groups excluding carboxylic acids is 2. The third kappa shape index (κ3) is 2.98. The molecule has 1 aliphatic carbocycles. The van der Waals surface area contributed by atoms with Gasteiger partial charge in [0, 0.05) is 36.7 Å². The summed E-state index contributed by atoms with van der Waals surface area (Å²) in [5.41, 5.74) is 1.86. The maximum atomic E-state index is 13.1. The summed E-state index contributed by atoms with van der Waals surface area (Å²) in [5, 5.41) is 3.04. The van der Waals surface area contributed by atoms with Crippen molar-refractivity contribution in [2.75, 3.05) is 18.4 Å². The molecular formula is C20H20FN3O2. The lowest BCUT2D eigenvalue weighted by atomic mass is 9.91. The molecule has 0 amide bonds. The first-order valence-electron chi connectivity index (χ1n) is 8.20. The monoisotopic (exact) mass is 353 g/mol. The molecule has 2 aromatic rings. The molecule has 1 N–H and O–H groups in total. The van der Waals surface area contributed by atoms with Crippen molar-refractivity contribution >= 4 is 17.3 Å². The molecule has 1 fully saturated rings. The van der Waals surface area contributed by atoms with E-state index in [4.69, 9.17) is 0 Å². The summed E-state index contributed by atoms with van der Waals surface area (Å²) in [4.78, 5) is 31.9. The van der Waals surface area contributed by atoms with Crippen LogP contribution in [0.2, 0.25) is 0 Å². The van der Waals surface area contributed by atoms with Crippen molar-refractivity contribution in [1.29, 1.82) is 0 Å². The van der Waals surface area contributed by atoms with E-state index in [0.29, 0.717) is 22.5 Å². The first-order valence-corrected chi connectivity index (χ1v) is 8.20. The first kappa shape index (κ1) is 17.8. The van der Waals surface area contributed by atoms with Gasteiger partial charge in [0.2, 0.25) is 11.6 Å². The molecule has 1 aromatic carbocycles. The minimum atomic E-state index is -0.359. The highest BCUT2D eigenvalue weighted by Gasteiger charge is 2.36. The number of Topliss-reactive ketones (excluding diaryl/α,β-unsaturated/α-hetero) is 2. The van der Waals surface area contributed by atoms with Gasteiger partial charge in [-0.05, 0) is 43.2 Å². The third-order valence-corrected chi connectivity index (χ3v) is 4.53. The van der Waals surface area contributed by atoms with Crippen molar-refractivity contribution in [3.63, 3.8) is 0 Å². The van der Waals surface area contributed by atoms with E-state index in [-0.39, 0.29) is 30.5 Å². The molecule has 4 rings (SSSR count). The fourth-order valence-electron chi connectivity index (χ4n) is 3.29. The number of carbonyl (C=O) groups is 2. The lowest BCUT2D eigenvalue weighted by Gasteiger charge is -2.28. The summed E-state index contributed by atoms with van der Waals surface area (Å²) in [7, 11) is 0. The van der Waals surface area contributed by atoms with Crippen molar-refractivity contribution < 1.29 is 14.0 Å². The maximum absolute atomic E-state index is 13.1. The number of ketones is 2. The van der Waals surface area contributed by atoms with Crippen molar-refractivity contribution in [1.82, 2.24) is 9.88 Å². The molecule has 0 radical (unpaired) electrons. The number of nitrogens with zero attached hydrogens (tertiary/aromatic N) is 2. The van der Waals surface area contributed by atoms with E-state index in [1.165, 1.54) is 24.5 Å². The predicted octanol–water partition coefficient (Wildman–Crippen LogP) is 3.66. The summed E-state index contributed by atoms with van der Waals surface area (Å²) in [6, 6.07) is 7.27. The van der Waals surface area contributed by atoms with Gasteiger partial charge in [0.25, 0.3) is 0 Å². The Kier molecular flexibility index (Phi) is 4.84. The van der Waals surface area contributed by atoms with Gasteiger partial charge in [-0.2, -0.15) is 0 Å². The fraction of sp³-hybridized carbons (Fsp3) is 0.250. The summed E-state index contributed by atoms with van der Waals surface area (Å²) in [6.07, 6.45) is 4.91. The van der Waals surface area contributed by atoms with Crippen molar-refractivity contribution in [3.8, 4) is 0 Å². The number of pyridine rings is 1.